The van der Waals surface area contributed by atoms with Crippen LogP contribution >= 0.6 is 11.6 Å². The van der Waals surface area contributed by atoms with Crippen LogP contribution in [0, 0.1) is 5.92 Å². The number of halogens is 1. The Bertz CT molecular complexity index is 613. The Kier molecular flexibility index (Phi) is 5.84. The summed E-state index contributed by atoms with van der Waals surface area (Å²) in [5.41, 5.74) is 1.79. The van der Waals surface area contributed by atoms with Gasteiger partial charge < -0.3 is 10.6 Å². The number of amides is 2. The van der Waals surface area contributed by atoms with Crippen LogP contribution in [0.4, 0.5) is 10.5 Å². The van der Waals surface area contributed by atoms with Crippen LogP contribution in [0.5, 0.6) is 0 Å². The third-order valence-corrected chi connectivity index (χ3v) is 3.53. The number of rotatable bonds is 5. The first-order chi connectivity index (χ1) is 10.5. The highest BCUT2D eigenvalue weighted by atomic mass is 35.5. The fourth-order valence-corrected chi connectivity index (χ4v) is 2.52. The van der Waals surface area contributed by atoms with E-state index < -0.39 is 0 Å². The van der Waals surface area contributed by atoms with Crippen molar-refractivity contribution in [2.75, 3.05) is 5.32 Å². The van der Waals surface area contributed by atoms with Gasteiger partial charge in [0.1, 0.15) is 0 Å². The van der Waals surface area contributed by atoms with Gasteiger partial charge in [0.05, 0.1) is 6.04 Å². The molecular formula is C18H21ClN2O. The van der Waals surface area contributed by atoms with Crippen LogP contribution < -0.4 is 10.6 Å². The zero-order chi connectivity index (χ0) is 15.9. The first-order valence-electron chi connectivity index (χ1n) is 7.42. The fraction of sp³-hybridized carbons (Fsp3) is 0.278. The van der Waals surface area contributed by atoms with Crippen molar-refractivity contribution in [1.29, 1.82) is 0 Å². The number of urea groups is 1. The molecule has 0 aliphatic heterocycles. The van der Waals surface area contributed by atoms with Gasteiger partial charge in [-0.25, -0.2) is 4.79 Å². The van der Waals surface area contributed by atoms with Crippen LogP contribution in [-0.2, 0) is 0 Å². The molecule has 2 rings (SSSR count). The third-order valence-electron chi connectivity index (χ3n) is 3.30. The normalized spacial score (nSPS) is 12.0. The van der Waals surface area contributed by atoms with Crippen molar-refractivity contribution in [3.05, 3.63) is 65.2 Å². The second kappa shape index (κ2) is 7.85. The number of carbonyl (C=O) groups is 1. The minimum atomic E-state index is -0.225. The van der Waals surface area contributed by atoms with E-state index >= 15 is 0 Å². The summed E-state index contributed by atoms with van der Waals surface area (Å²) in [5.74, 6) is 0.483. The summed E-state index contributed by atoms with van der Waals surface area (Å²) in [7, 11) is 0. The van der Waals surface area contributed by atoms with Gasteiger partial charge in [0.2, 0.25) is 0 Å². The fourth-order valence-electron chi connectivity index (χ4n) is 2.33. The van der Waals surface area contributed by atoms with E-state index in [1.807, 2.05) is 36.4 Å². The molecule has 0 radical (unpaired) electrons. The molecule has 4 heteroatoms. The van der Waals surface area contributed by atoms with Crippen molar-refractivity contribution in [2.45, 2.75) is 26.3 Å². The molecule has 2 N–H and O–H groups in total. The number of anilines is 1. The Balaban J connectivity index is 2.05. The van der Waals surface area contributed by atoms with Crippen molar-refractivity contribution in [3.8, 4) is 0 Å². The highest BCUT2D eigenvalue weighted by molar-refractivity contribution is 6.30. The number of hydrogen-bond acceptors (Lipinski definition) is 1. The molecule has 0 saturated carbocycles. The van der Waals surface area contributed by atoms with Crippen molar-refractivity contribution in [3.63, 3.8) is 0 Å². The van der Waals surface area contributed by atoms with Crippen molar-refractivity contribution in [2.24, 2.45) is 5.92 Å². The highest BCUT2D eigenvalue weighted by Gasteiger charge is 2.16. The first kappa shape index (κ1) is 16.4. The van der Waals surface area contributed by atoms with Crippen LogP contribution in [0.2, 0.25) is 5.02 Å². The summed E-state index contributed by atoms with van der Waals surface area (Å²) >= 11 is 5.93. The maximum atomic E-state index is 12.2. The van der Waals surface area contributed by atoms with E-state index in [0.29, 0.717) is 16.6 Å². The summed E-state index contributed by atoms with van der Waals surface area (Å²) in [6.07, 6.45) is 0.882. The Morgan fingerprint density at radius 1 is 1.09 bits per heavy atom. The molecule has 116 valence electrons. The highest BCUT2D eigenvalue weighted by Crippen LogP contribution is 2.21. The van der Waals surface area contributed by atoms with Crippen molar-refractivity contribution < 1.29 is 4.79 Å². The molecule has 2 aromatic carbocycles. The van der Waals surface area contributed by atoms with Gasteiger partial charge in [-0.2, -0.15) is 0 Å². The maximum absolute atomic E-state index is 12.2. The summed E-state index contributed by atoms with van der Waals surface area (Å²) in [4.78, 5) is 12.2. The van der Waals surface area contributed by atoms with Crippen LogP contribution in [0.25, 0.3) is 0 Å². The topological polar surface area (TPSA) is 41.1 Å². The van der Waals surface area contributed by atoms with Crippen molar-refractivity contribution in [1.82, 2.24) is 5.32 Å². The molecule has 1 atom stereocenters. The van der Waals surface area contributed by atoms with E-state index in [-0.39, 0.29) is 12.1 Å². The minimum Gasteiger partial charge on any atom is -0.331 e. The van der Waals surface area contributed by atoms with Crippen LogP contribution in [0.15, 0.2) is 54.6 Å². The van der Waals surface area contributed by atoms with E-state index in [9.17, 15) is 4.79 Å². The van der Waals surface area contributed by atoms with E-state index in [1.54, 1.807) is 18.2 Å². The van der Waals surface area contributed by atoms with E-state index in [2.05, 4.69) is 24.5 Å². The number of nitrogens with one attached hydrogen (secondary N) is 2. The molecule has 0 heterocycles. The summed E-state index contributed by atoms with van der Waals surface area (Å²) in [6, 6.07) is 16.9. The molecule has 3 nitrogen and oxygen atoms in total. The van der Waals surface area contributed by atoms with Gasteiger partial charge in [0.15, 0.2) is 0 Å². The zero-order valence-corrected chi connectivity index (χ0v) is 13.6. The van der Waals surface area contributed by atoms with Gasteiger partial charge in [-0.1, -0.05) is 61.8 Å². The average molecular weight is 317 g/mol. The lowest BCUT2D eigenvalue weighted by Crippen LogP contribution is -2.33. The molecule has 2 aromatic rings. The molecule has 2 amide bonds. The molecule has 0 aliphatic carbocycles. The summed E-state index contributed by atoms with van der Waals surface area (Å²) in [5, 5.41) is 6.46. The van der Waals surface area contributed by atoms with Gasteiger partial charge in [-0.3, -0.25) is 0 Å². The number of hydrogen-bond donors (Lipinski definition) is 2. The van der Waals surface area contributed by atoms with Gasteiger partial charge in [0.25, 0.3) is 0 Å². The minimum absolute atomic E-state index is 0.0135. The standard InChI is InChI=1S/C18H21ClN2O/c1-13(2)11-17(14-7-4-3-5-8-14)21-18(22)20-16-10-6-9-15(19)12-16/h3-10,12-13,17H,11H2,1-2H3,(H2,20,21,22). The Morgan fingerprint density at radius 3 is 2.45 bits per heavy atom. The molecule has 0 fully saturated rings. The largest absolute Gasteiger partial charge is 0.331 e. The quantitative estimate of drug-likeness (QED) is 0.777. The molecule has 0 aliphatic rings. The number of carbonyl (C=O) groups excluding carboxylic acids is 1. The lowest BCUT2D eigenvalue weighted by Gasteiger charge is -2.21. The summed E-state index contributed by atoms with van der Waals surface area (Å²) < 4.78 is 0. The maximum Gasteiger partial charge on any atom is 0.319 e. The molecular weight excluding hydrogens is 296 g/mol. The van der Waals surface area contributed by atoms with Crippen LogP contribution in [-0.4, -0.2) is 6.03 Å². The second-order valence-electron chi connectivity index (χ2n) is 5.70. The van der Waals surface area contributed by atoms with Crippen LogP contribution in [0.3, 0.4) is 0 Å². The molecule has 22 heavy (non-hydrogen) atoms. The lowest BCUT2D eigenvalue weighted by atomic mass is 9.97. The Hall–Kier alpha value is -2.00. The second-order valence-corrected chi connectivity index (χ2v) is 6.14. The molecule has 0 spiro atoms. The molecule has 0 bridgehead atoms. The van der Waals surface area contributed by atoms with E-state index in [1.165, 1.54) is 0 Å². The SMILES string of the molecule is CC(C)CC(NC(=O)Nc1cccc(Cl)c1)c1ccccc1. The third kappa shape index (κ3) is 5.08. The van der Waals surface area contributed by atoms with Crippen molar-refractivity contribution >= 4 is 23.3 Å². The average Bonchev–Trinajstić information content (AvgIpc) is 2.47. The monoisotopic (exact) mass is 316 g/mol. The Morgan fingerprint density at radius 2 is 1.82 bits per heavy atom. The van der Waals surface area contributed by atoms with E-state index in [4.69, 9.17) is 11.6 Å². The molecule has 1 unspecified atom stereocenters. The summed E-state index contributed by atoms with van der Waals surface area (Å²) in [6.45, 7) is 4.29. The molecule has 0 saturated heterocycles. The number of benzene rings is 2. The predicted molar refractivity (Wildman–Crippen MR) is 92.2 cm³/mol. The zero-order valence-electron chi connectivity index (χ0n) is 12.8. The van der Waals surface area contributed by atoms with Gasteiger partial charge in [0, 0.05) is 10.7 Å². The smallest absolute Gasteiger partial charge is 0.319 e. The molecule has 0 aromatic heterocycles. The van der Waals surface area contributed by atoms with E-state index in [0.717, 1.165) is 12.0 Å². The van der Waals surface area contributed by atoms with Gasteiger partial charge >= 0.3 is 6.03 Å². The van der Waals surface area contributed by atoms with Crippen LogP contribution in [0.1, 0.15) is 31.9 Å². The lowest BCUT2D eigenvalue weighted by molar-refractivity contribution is 0.246. The van der Waals surface area contributed by atoms with Gasteiger partial charge in [-0.05, 0) is 36.1 Å². The Labute approximate surface area is 136 Å². The predicted octanol–water partition coefficient (Wildman–Crippen LogP) is 5.25. The van der Waals surface area contributed by atoms with Gasteiger partial charge in [-0.15, -0.1) is 0 Å². The first-order valence-corrected chi connectivity index (χ1v) is 7.80.